The number of ether oxygens (including phenoxy) is 3. The first-order valence-corrected chi connectivity index (χ1v) is 10.5. The molecule has 1 aliphatic rings. The number of methoxy groups -OCH3 is 2. The van der Waals surface area contributed by atoms with E-state index in [4.69, 9.17) is 14.2 Å². The largest absolute Gasteiger partial charge is 0.497 e. The van der Waals surface area contributed by atoms with E-state index in [1.165, 1.54) is 0 Å². The van der Waals surface area contributed by atoms with Gasteiger partial charge in [0.25, 0.3) is 11.8 Å². The highest BCUT2D eigenvalue weighted by molar-refractivity contribution is 6.46. The van der Waals surface area contributed by atoms with E-state index in [0.29, 0.717) is 40.8 Å². The van der Waals surface area contributed by atoms with Crippen molar-refractivity contribution >= 4 is 28.8 Å². The SMILES string of the molecule is CCOc1ccc(C2=C(Nc3ccc(OC)cc3)C(=O)N(c3ccc(OC)cc3)C2=O)cc1. The van der Waals surface area contributed by atoms with Crippen molar-refractivity contribution in [1.29, 1.82) is 0 Å². The molecule has 7 nitrogen and oxygen atoms in total. The lowest BCUT2D eigenvalue weighted by Gasteiger charge is -2.16. The fourth-order valence-corrected chi connectivity index (χ4v) is 3.58. The standard InChI is InChI=1S/C26H24N2O5/c1-4-33-22-11-5-17(6-12-22)23-24(27-18-7-13-20(31-2)14-8-18)26(30)28(25(23)29)19-9-15-21(32-3)16-10-19/h5-16,27H,4H2,1-3H3. The lowest BCUT2D eigenvalue weighted by molar-refractivity contribution is -0.120. The van der Waals surface area contributed by atoms with Gasteiger partial charge in [-0.2, -0.15) is 0 Å². The Balaban J connectivity index is 1.75. The first-order valence-electron chi connectivity index (χ1n) is 10.5. The molecular weight excluding hydrogens is 420 g/mol. The molecule has 0 atom stereocenters. The van der Waals surface area contributed by atoms with E-state index in [0.717, 1.165) is 4.90 Å². The van der Waals surface area contributed by atoms with Gasteiger partial charge in [0.05, 0.1) is 32.1 Å². The van der Waals surface area contributed by atoms with Crippen LogP contribution in [0, 0.1) is 0 Å². The Morgan fingerprint density at radius 2 is 1.27 bits per heavy atom. The highest BCUT2D eigenvalue weighted by Crippen LogP contribution is 2.35. The van der Waals surface area contributed by atoms with Crippen molar-refractivity contribution in [3.8, 4) is 17.2 Å². The van der Waals surface area contributed by atoms with Crippen LogP contribution in [0.15, 0.2) is 78.5 Å². The maximum Gasteiger partial charge on any atom is 0.282 e. The van der Waals surface area contributed by atoms with E-state index in [1.807, 2.05) is 6.92 Å². The summed E-state index contributed by atoms with van der Waals surface area (Å²) in [6.45, 7) is 2.44. The molecule has 1 N–H and O–H groups in total. The molecule has 0 radical (unpaired) electrons. The average molecular weight is 444 g/mol. The van der Waals surface area contributed by atoms with Crippen molar-refractivity contribution in [3.63, 3.8) is 0 Å². The third kappa shape index (κ3) is 4.39. The van der Waals surface area contributed by atoms with E-state index in [2.05, 4.69) is 5.32 Å². The minimum Gasteiger partial charge on any atom is -0.497 e. The van der Waals surface area contributed by atoms with E-state index in [-0.39, 0.29) is 11.3 Å². The van der Waals surface area contributed by atoms with Gasteiger partial charge in [0.15, 0.2) is 0 Å². The second kappa shape index (κ2) is 9.48. The lowest BCUT2D eigenvalue weighted by atomic mass is 10.0. The fourth-order valence-electron chi connectivity index (χ4n) is 3.58. The Morgan fingerprint density at radius 1 is 0.727 bits per heavy atom. The van der Waals surface area contributed by atoms with Gasteiger partial charge in [0, 0.05) is 5.69 Å². The summed E-state index contributed by atoms with van der Waals surface area (Å²) in [5.74, 6) is 1.16. The van der Waals surface area contributed by atoms with Gasteiger partial charge in [-0.3, -0.25) is 9.59 Å². The van der Waals surface area contributed by atoms with Crippen LogP contribution < -0.4 is 24.4 Å². The Kier molecular flexibility index (Phi) is 6.31. The predicted octanol–water partition coefficient (Wildman–Crippen LogP) is 4.50. The molecule has 3 aromatic rings. The molecule has 33 heavy (non-hydrogen) atoms. The van der Waals surface area contributed by atoms with Gasteiger partial charge in [0.1, 0.15) is 22.9 Å². The number of anilines is 2. The molecule has 0 unspecified atom stereocenters. The molecule has 0 aliphatic carbocycles. The molecule has 0 spiro atoms. The van der Waals surface area contributed by atoms with Gasteiger partial charge in [-0.25, -0.2) is 4.90 Å². The van der Waals surface area contributed by atoms with Crippen molar-refractivity contribution in [2.45, 2.75) is 6.92 Å². The number of nitrogens with zero attached hydrogens (tertiary/aromatic N) is 1. The number of hydrogen-bond acceptors (Lipinski definition) is 6. The van der Waals surface area contributed by atoms with Gasteiger partial charge in [-0.15, -0.1) is 0 Å². The van der Waals surface area contributed by atoms with Crippen LogP contribution in [0.1, 0.15) is 12.5 Å². The summed E-state index contributed by atoms with van der Waals surface area (Å²) in [7, 11) is 3.14. The van der Waals surface area contributed by atoms with E-state index >= 15 is 0 Å². The monoisotopic (exact) mass is 444 g/mol. The van der Waals surface area contributed by atoms with Crippen molar-refractivity contribution in [3.05, 3.63) is 84.1 Å². The maximum atomic E-state index is 13.5. The zero-order valence-electron chi connectivity index (χ0n) is 18.6. The molecule has 168 valence electrons. The smallest absolute Gasteiger partial charge is 0.282 e. The molecule has 0 fully saturated rings. The Hall–Kier alpha value is -4.26. The second-order valence-electron chi connectivity index (χ2n) is 7.20. The number of rotatable bonds is 8. The maximum absolute atomic E-state index is 13.5. The Labute approximate surface area is 192 Å². The van der Waals surface area contributed by atoms with Crippen molar-refractivity contribution in [1.82, 2.24) is 0 Å². The first-order chi connectivity index (χ1) is 16.0. The Bertz CT molecular complexity index is 1180. The molecular formula is C26H24N2O5. The number of amides is 2. The molecule has 4 rings (SSSR count). The highest BCUT2D eigenvalue weighted by Gasteiger charge is 2.40. The molecule has 1 heterocycles. The third-order valence-corrected chi connectivity index (χ3v) is 5.23. The molecule has 0 aromatic heterocycles. The average Bonchev–Trinajstić information content (AvgIpc) is 3.09. The molecule has 1 aliphatic heterocycles. The molecule has 7 heteroatoms. The van der Waals surface area contributed by atoms with Crippen LogP contribution in [0.5, 0.6) is 17.2 Å². The van der Waals surface area contributed by atoms with Gasteiger partial charge in [0.2, 0.25) is 0 Å². The number of hydrogen-bond donors (Lipinski definition) is 1. The van der Waals surface area contributed by atoms with Gasteiger partial charge in [-0.05, 0) is 73.2 Å². The summed E-state index contributed by atoms with van der Waals surface area (Å²) < 4.78 is 15.9. The molecule has 2 amide bonds. The van der Waals surface area contributed by atoms with Gasteiger partial charge >= 0.3 is 0 Å². The predicted molar refractivity (Wildman–Crippen MR) is 127 cm³/mol. The normalized spacial score (nSPS) is 13.4. The summed E-state index contributed by atoms with van der Waals surface area (Å²) in [5.41, 5.74) is 2.22. The number of carbonyl (C=O) groups excluding carboxylic acids is 2. The van der Waals surface area contributed by atoms with Crippen LogP contribution in [0.4, 0.5) is 11.4 Å². The van der Waals surface area contributed by atoms with Crippen molar-refractivity contribution < 1.29 is 23.8 Å². The minimum atomic E-state index is -0.440. The summed E-state index contributed by atoms with van der Waals surface area (Å²) in [5, 5.41) is 3.14. The van der Waals surface area contributed by atoms with Crippen molar-refractivity contribution in [2.75, 3.05) is 31.0 Å². The molecule has 0 saturated carbocycles. The van der Waals surface area contributed by atoms with Crippen LogP contribution in [-0.2, 0) is 9.59 Å². The zero-order chi connectivity index (χ0) is 23.4. The number of nitrogens with one attached hydrogen (secondary N) is 1. The molecule has 0 saturated heterocycles. The molecule has 3 aromatic carbocycles. The highest BCUT2D eigenvalue weighted by atomic mass is 16.5. The number of carbonyl (C=O) groups is 2. The topological polar surface area (TPSA) is 77.1 Å². The van der Waals surface area contributed by atoms with Gasteiger partial charge < -0.3 is 19.5 Å². The van der Waals surface area contributed by atoms with Gasteiger partial charge in [-0.1, -0.05) is 12.1 Å². The first kappa shape index (κ1) is 22.0. The van der Waals surface area contributed by atoms with Crippen LogP contribution in [0.3, 0.4) is 0 Å². The summed E-state index contributed by atoms with van der Waals surface area (Å²) >= 11 is 0. The van der Waals surface area contributed by atoms with Crippen molar-refractivity contribution in [2.24, 2.45) is 0 Å². The van der Waals surface area contributed by atoms with Crippen LogP contribution in [-0.4, -0.2) is 32.6 Å². The summed E-state index contributed by atoms with van der Waals surface area (Å²) in [4.78, 5) is 28.1. The molecule has 0 bridgehead atoms. The zero-order valence-corrected chi connectivity index (χ0v) is 18.6. The van der Waals surface area contributed by atoms with E-state index in [9.17, 15) is 9.59 Å². The second-order valence-corrected chi connectivity index (χ2v) is 7.20. The van der Waals surface area contributed by atoms with E-state index < -0.39 is 11.8 Å². The third-order valence-electron chi connectivity index (χ3n) is 5.23. The number of imide groups is 1. The minimum absolute atomic E-state index is 0.199. The summed E-state index contributed by atoms with van der Waals surface area (Å²) in [6.07, 6.45) is 0. The Morgan fingerprint density at radius 3 is 1.82 bits per heavy atom. The van der Waals surface area contributed by atoms with E-state index in [1.54, 1.807) is 87.0 Å². The fraction of sp³-hybridized carbons (Fsp3) is 0.154. The van der Waals surface area contributed by atoms with Crippen LogP contribution in [0.25, 0.3) is 5.57 Å². The quantitative estimate of drug-likeness (QED) is 0.516. The number of benzene rings is 3. The van der Waals surface area contributed by atoms with Crippen LogP contribution >= 0.6 is 0 Å². The summed E-state index contributed by atoms with van der Waals surface area (Å²) in [6, 6.07) is 21.0. The van der Waals surface area contributed by atoms with Crippen LogP contribution in [0.2, 0.25) is 0 Å². The lowest BCUT2D eigenvalue weighted by Crippen LogP contribution is -2.32.